The molecule has 1 aromatic rings. The number of nitrogens with one attached hydrogen (secondary N) is 1. The zero-order chi connectivity index (χ0) is 11.8. The number of nitrogens with zero attached hydrogens (tertiary/aromatic N) is 1. The minimum absolute atomic E-state index is 0. The summed E-state index contributed by atoms with van der Waals surface area (Å²) in [6, 6.07) is 10.6. The third-order valence-corrected chi connectivity index (χ3v) is 3.45. The molecule has 0 spiro atoms. The predicted octanol–water partition coefficient (Wildman–Crippen LogP) is 3.07. The summed E-state index contributed by atoms with van der Waals surface area (Å²) in [6.07, 6.45) is 5.50. The van der Waals surface area contributed by atoms with Crippen LogP contribution < -0.4 is 5.32 Å². The monoisotopic (exact) mass is 268 g/mol. The Kier molecular flexibility index (Phi) is 8.06. The lowest BCUT2D eigenvalue weighted by Crippen LogP contribution is -2.32. The van der Waals surface area contributed by atoms with Crippen molar-refractivity contribution >= 4 is 12.4 Å². The Balaban J connectivity index is 0.00000162. The van der Waals surface area contributed by atoms with Crippen LogP contribution in [0.4, 0.5) is 0 Å². The summed E-state index contributed by atoms with van der Waals surface area (Å²) in [5.74, 6) is 0. The zero-order valence-electron chi connectivity index (χ0n) is 11.1. The van der Waals surface area contributed by atoms with Gasteiger partial charge in [0.2, 0.25) is 0 Å². The molecule has 1 heterocycles. The first-order valence-electron chi connectivity index (χ1n) is 6.92. The Morgan fingerprint density at radius 1 is 1.00 bits per heavy atom. The molecule has 1 saturated heterocycles. The molecule has 0 saturated carbocycles. The number of hydrogen-bond acceptors (Lipinski definition) is 2. The van der Waals surface area contributed by atoms with Crippen molar-refractivity contribution in [1.29, 1.82) is 0 Å². The molecular formula is C15H25ClN2. The second kappa shape index (κ2) is 9.37. The van der Waals surface area contributed by atoms with E-state index in [1.807, 2.05) is 0 Å². The normalized spacial score (nSPS) is 16.2. The van der Waals surface area contributed by atoms with Gasteiger partial charge in [0.15, 0.2) is 0 Å². The van der Waals surface area contributed by atoms with Crippen molar-refractivity contribution in [3.63, 3.8) is 0 Å². The van der Waals surface area contributed by atoms with Gasteiger partial charge in [-0.3, -0.25) is 0 Å². The summed E-state index contributed by atoms with van der Waals surface area (Å²) in [4.78, 5) is 2.60. The van der Waals surface area contributed by atoms with Crippen LogP contribution in [0.15, 0.2) is 30.3 Å². The molecule has 0 aromatic heterocycles. The van der Waals surface area contributed by atoms with Gasteiger partial charge in [0.05, 0.1) is 0 Å². The maximum atomic E-state index is 3.51. The molecule has 0 radical (unpaired) electrons. The molecule has 102 valence electrons. The van der Waals surface area contributed by atoms with Gasteiger partial charge in [-0.1, -0.05) is 36.8 Å². The van der Waals surface area contributed by atoms with Crippen molar-refractivity contribution in [3.8, 4) is 0 Å². The molecule has 1 N–H and O–H groups in total. The average molecular weight is 269 g/mol. The molecule has 1 aromatic carbocycles. The van der Waals surface area contributed by atoms with Crippen molar-refractivity contribution in [2.75, 3.05) is 26.2 Å². The van der Waals surface area contributed by atoms with Crippen molar-refractivity contribution in [1.82, 2.24) is 10.2 Å². The van der Waals surface area contributed by atoms with Gasteiger partial charge >= 0.3 is 0 Å². The number of likely N-dealkylation sites (tertiary alicyclic amines) is 1. The Morgan fingerprint density at radius 2 is 1.72 bits per heavy atom. The van der Waals surface area contributed by atoms with E-state index < -0.39 is 0 Å². The van der Waals surface area contributed by atoms with Crippen molar-refractivity contribution in [2.24, 2.45) is 0 Å². The molecule has 3 heteroatoms. The lowest BCUT2D eigenvalue weighted by atomic mass is 10.1. The second-order valence-corrected chi connectivity index (χ2v) is 4.92. The molecule has 1 aliphatic heterocycles. The van der Waals surface area contributed by atoms with E-state index in [1.165, 1.54) is 50.9 Å². The van der Waals surface area contributed by atoms with Crippen LogP contribution in [-0.4, -0.2) is 31.1 Å². The van der Waals surface area contributed by atoms with E-state index in [9.17, 15) is 0 Å². The molecule has 0 aliphatic carbocycles. The first-order chi connectivity index (χ1) is 8.45. The van der Waals surface area contributed by atoms with Gasteiger partial charge in [0.1, 0.15) is 0 Å². The maximum Gasteiger partial charge on any atom is 0.0205 e. The summed E-state index contributed by atoms with van der Waals surface area (Å²) in [5.41, 5.74) is 1.38. The highest BCUT2D eigenvalue weighted by Crippen LogP contribution is 2.08. The summed E-state index contributed by atoms with van der Waals surface area (Å²) in [6.45, 7) is 6.03. The standard InChI is InChI=1S/C15H24N2.ClH/c1-3-8-15(9-4-1)14-16-10-7-13-17-11-5-2-6-12-17;/h1,3-4,8-9,16H,2,5-7,10-14H2;1H. The molecule has 1 aliphatic rings. The number of rotatable bonds is 6. The van der Waals surface area contributed by atoms with E-state index in [0.29, 0.717) is 0 Å². The van der Waals surface area contributed by atoms with Gasteiger partial charge in [-0.05, 0) is 51.0 Å². The van der Waals surface area contributed by atoms with E-state index in [4.69, 9.17) is 0 Å². The fourth-order valence-corrected chi connectivity index (χ4v) is 2.44. The number of benzene rings is 1. The Morgan fingerprint density at radius 3 is 2.44 bits per heavy atom. The fraction of sp³-hybridized carbons (Fsp3) is 0.600. The van der Waals surface area contributed by atoms with E-state index in [1.54, 1.807) is 0 Å². The molecule has 0 amide bonds. The van der Waals surface area contributed by atoms with Crippen LogP contribution in [0.3, 0.4) is 0 Å². The van der Waals surface area contributed by atoms with Gasteiger partial charge in [0.25, 0.3) is 0 Å². The molecule has 2 nitrogen and oxygen atoms in total. The SMILES string of the molecule is Cl.c1ccc(CNCCCN2CCCCC2)cc1. The molecule has 1 fully saturated rings. The quantitative estimate of drug-likeness (QED) is 0.798. The van der Waals surface area contributed by atoms with Crippen LogP contribution >= 0.6 is 12.4 Å². The predicted molar refractivity (Wildman–Crippen MR) is 80.3 cm³/mol. The summed E-state index contributed by atoms with van der Waals surface area (Å²) in [5, 5.41) is 3.51. The third kappa shape index (κ3) is 5.85. The van der Waals surface area contributed by atoms with Gasteiger partial charge in [-0.15, -0.1) is 12.4 Å². The van der Waals surface area contributed by atoms with Gasteiger partial charge in [-0.2, -0.15) is 0 Å². The highest BCUT2D eigenvalue weighted by molar-refractivity contribution is 5.85. The number of hydrogen-bond donors (Lipinski definition) is 1. The Labute approximate surface area is 117 Å². The smallest absolute Gasteiger partial charge is 0.0205 e. The van der Waals surface area contributed by atoms with Crippen LogP contribution in [0, 0.1) is 0 Å². The highest BCUT2D eigenvalue weighted by Gasteiger charge is 2.08. The Bertz CT molecular complexity index is 297. The molecule has 2 rings (SSSR count). The van der Waals surface area contributed by atoms with Gasteiger partial charge < -0.3 is 10.2 Å². The van der Waals surface area contributed by atoms with Crippen LogP contribution in [0.5, 0.6) is 0 Å². The van der Waals surface area contributed by atoms with E-state index in [2.05, 4.69) is 40.5 Å². The minimum atomic E-state index is 0. The topological polar surface area (TPSA) is 15.3 Å². The van der Waals surface area contributed by atoms with Crippen LogP contribution in [0.2, 0.25) is 0 Å². The highest BCUT2D eigenvalue weighted by atomic mass is 35.5. The van der Waals surface area contributed by atoms with Crippen molar-refractivity contribution in [2.45, 2.75) is 32.2 Å². The minimum Gasteiger partial charge on any atom is -0.313 e. The third-order valence-electron chi connectivity index (χ3n) is 3.45. The van der Waals surface area contributed by atoms with E-state index >= 15 is 0 Å². The number of halogens is 1. The van der Waals surface area contributed by atoms with Crippen molar-refractivity contribution in [3.05, 3.63) is 35.9 Å². The van der Waals surface area contributed by atoms with E-state index in [-0.39, 0.29) is 12.4 Å². The lowest BCUT2D eigenvalue weighted by molar-refractivity contribution is 0.225. The molecule has 0 bridgehead atoms. The first-order valence-corrected chi connectivity index (χ1v) is 6.92. The maximum absolute atomic E-state index is 3.51. The summed E-state index contributed by atoms with van der Waals surface area (Å²) >= 11 is 0. The molecule has 0 atom stereocenters. The molecule has 0 unspecified atom stereocenters. The molecule has 18 heavy (non-hydrogen) atoms. The second-order valence-electron chi connectivity index (χ2n) is 4.92. The summed E-state index contributed by atoms with van der Waals surface area (Å²) < 4.78 is 0. The lowest BCUT2D eigenvalue weighted by Gasteiger charge is -2.26. The van der Waals surface area contributed by atoms with Crippen LogP contribution in [0.1, 0.15) is 31.2 Å². The molecular weight excluding hydrogens is 244 g/mol. The Hall–Kier alpha value is -0.570. The van der Waals surface area contributed by atoms with E-state index in [0.717, 1.165) is 13.1 Å². The fourth-order valence-electron chi connectivity index (χ4n) is 2.44. The largest absolute Gasteiger partial charge is 0.313 e. The number of piperidine rings is 1. The van der Waals surface area contributed by atoms with Crippen LogP contribution in [0.25, 0.3) is 0 Å². The van der Waals surface area contributed by atoms with Crippen LogP contribution in [-0.2, 0) is 6.54 Å². The average Bonchev–Trinajstić information content (AvgIpc) is 2.41. The first kappa shape index (κ1) is 15.5. The van der Waals surface area contributed by atoms with Gasteiger partial charge in [-0.25, -0.2) is 0 Å². The van der Waals surface area contributed by atoms with Gasteiger partial charge in [0, 0.05) is 6.54 Å². The van der Waals surface area contributed by atoms with Crippen molar-refractivity contribution < 1.29 is 0 Å². The zero-order valence-corrected chi connectivity index (χ0v) is 11.9. The summed E-state index contributed by atoms with van der Waals surface area (Å²) in [7, 11) is 0.